The highest BCUT2D eigenvalue weighted by molar-refractivity contribution is 5.86. The van der Waals surface area contributed by atoms with E-state index < -0.39 is 10.2 Å². The zero-order chi connectivity index (χ0) is 21.0. The Morgan fingerprint density at radius 2 is 1.07 bits per heavy atom. The fourth-order valence-corrected chi connectivity index (χ4v) is 3.51. The summed E-state index contributed by atoms with van der Waals surface area (Å²) in [6.07, 6.45) is 0. The van der Waals surface area contributed by atoms with Crippen LogP contribution in [0, 0.1) is 24.1 Å². The molecule has 5 nitrogen and oxygen atoms in total. The van der Waals surface area contributed by atoms with E-state index in [0.717, 1.165) is 0 Å². The summed E-state index contributed by atoms with van der Waals surface area (Å²) in [5.41, 5.74) is 8.85. The number of hydrogen-bond acceptors (Lipinski definition) is 4. The van der Waals surface area contributed by atoms with E-state index in [1.807, 2.05) is 0 Å². The molecule has 29 heavy (non-hydrogen) atoms. The minimum absolute atomic E-state index is 1.21. The Labute approximate surface area is 171 Å². The SMILES string of the molecule is Cc1cc(-c2ccc3cccccc2-3)cc(C)[n+]1-c1ccccc1.[O-][Cl+3]([O-])([O-])[O-]. The number of hydrogen-bond donors (Lipinski definition) is 0. The van der Waals surface area contributed by atoms with Gasteiger partial charge in [-0.05, 0) is 22.3 Å². The van der Waals surface area contributed by atoms with Crippen LogP contribution in [0.1, 0.15) is 11.4 Å². The van der Waals surface area contributed by atoms with Gasteiger partial charge in [0.1, 0.15) is 0 Å². The first-order valence-corrected chi connectivity index (χ1v) is 10.2. The van der Waals surface area contributed by atoms with Gasteiger partial charge in [0.2, 0.25) is 5.69 Å². The Balaban J connectivity index is 0.000000431. The number of nitrogens with zero attached hydrogens (tertiary/aromatic N) is 1. The van der Waals surface area contributed by atoms with Crippen molar-refractivity contribution < 1.29 is 33.4 Å². The first-order valence-electron chi connectivity index (χ1n) is 8.92. The number of aryl methyl sites for hydroxylation is 2. The number of aromatic nitrogens is 1. The molecule has 4 rings (SSSR count). The van der Waals surface area contributed by atoms with Gasteiger partial charge in [-0.25, -0.2) is 18.6 Å². The molecule has 0 fully saturated rings. The Morgan fingerprint density at radius 1 is 0.586 bits per heavy atom. The van der Waals surface area contributed by atoms with Crippen molar-refractivity contribution in [2.45, 2.75) is 13.8 Å². The maximum Gasteiger partial charge on any atom is 0.211 e. The predicted octanol–water partition coefficient (Wildman–Crippen LogP) is 0.596. The van der Waals surface area contributed by atoms with E-state index in [4.69, 9.17) is 18.6 Å². The van der Waals surface area contributed by atoms with Gasteiger partial charge >= 0.3 is 0 Å². The minimum atomic E-state index is -4.94. The third-order valence-electron chi connectivity index (χ3n) is 4.55. The van der Waals surface area contributed by atoms with Gasteiger partial charge in [0.15, 0.2) is 11.4 Å². The number of pyridine rings is 1. The number of fused-ring (bicyclic) bond motifs is 1. The van der Waals surface area contributed by atoms with Crippen LogP contribution < -0.4 is 23.2 Å². The molecule has 0 saturated carbocycles. The number of benzene rings is 1. The van der Waals surface area contributed by atoms with Crippen LogP contribution in [0.5, 0.6) is 0 Å². The lowest BCUT2D eigenvalue weighted by Crippen LogP contribution is -2.68. The van der Waals surface area contributed by atoms with E-state index >= 15 is 0 Å². The first kappa shape index (κ1) is 20.9. The van der Waals surface area contributed by atoms with Crippen LogP contribution in [-0.4, -0.2) is 0 Å². The molecule has 0 atom stereocenters. The molecule has 0 N–H and O–H groups in total. The molecule has 6 heteroatoms. The Hall–Kier alpha value is -2.80. The van der Waals surface area contributed by atoms with Crippen LogP contribution in [0.3, 0.4) is 0 Å². The third-order valence-corrected chi connectivity index (χ3v) is 4.55. The second-order valence-corrected chi connectivity index (χ2v) is 7.36. The Bertz CT molecular complexity index is 1050. The maximum atomic E-state index is 8.49. The van der Waals surface area contributed by atoms with Crippen molar-refractivity contribution in [1.29, 1.82) is 0 Å². The van der Waals surface area contributed by atoms with E-state index in [0.29, 0.717) is 0 Å². The normalized spacial score (nSPS) is 11.1. The van der Waals surface area contributed by atoms with Crippen LogP contribution in [0.25, 0.3) is 27.9 Å². The molecule has 1 heterocycles. The molecule has 2 aliphatic rings. The number of rotatable bonds is 2. The maximum absolute atomic E-state index is 8.49. The monoisotopic (exact) mass is 409 g/mol. The average molecular weight is 410 g/mol. The van der Waals surface area contributed by atoms with Gasteiger partial charge in [0.25, 0.3) is 0 Å². The second kappa shape index (κ2) is 8.69. The zero-order valence-corrected chi connectivity index (χ0v) is 16.8. The molecule has 0 saturated heterocycles. The summed E-state index contributed by atoms with van der Waals surface area (Å²) in [5.74, 6) is 0. The van der Waals surface area contributed by atoms with Crippen molar-refractivity contribution in [3.63, 3.8) is 0 Å². The number of para-hydroxylation sites is 1. The van der Waals surface area contributed by atoms with E-state index in [9.17, 15) is 0 Å². The average Bonchev–Trinajstić information content (AvgIpc) is 2.89. The molecule has 0 aliphatic heterocycles. The Kier molecular flexibility index (Phi) is 6.27. The number of halogens is 1. The molecule has 0 spiro atoms. The highest BCUT2D eigenvalue weighted by atomic mass is 35.7. The zero-order valence-electron chi connectivity index (χ0n) is 16.0. The molecule has 0 amide bonds. The predicted molar refractivity (Wildman–Crippen MR) is 99.5 cm³/mol. The van der Waals surface area contributed by atoms with Gasteiger partial charge < -0.3 is 0 Å². The van der Waals surface area contributed by atoms with Gasteiger partial charge in [-0.15, -0.1) is 10.2 Å². The van der Waals surface area contributed by atoms with E-state index in [-0.39, 0.29) is 0 Å². The van der Waals surface area contributed by atoms with Crippen LogP contribution in [-0.2, 0) is 0 Å². The van der Waals surface area contributed by atoms with Gasteiger partial charge in [0, 0.05) is 38.1 Å². The quantitative estimate of drug-likeness (QED) is 0.453. The lowest BCUT2D eigenvalue weighted by Gasteiger charge is -2.17. The van der Waals surface area contributed by atoms with E-state index in [1.165, 1.54) is 39.3 Å². The largest absolute Gasteiger partial charge is 0.222 e. The fourth-order valence-electron chi connectivity index (χ4n) is 3.51. The van der Waals surface area contributed by atoms with E-state index in [1.54, 1.807) is 0 Å². The van der Waals surface area contributed by atoms with Crippen LogP contribution in [0.4, 0.5) is 0 Å². The van der Waals surface area contributed by atoms with Crippen molar-refractivity contribution in [2.75, 3.05) is 0 Å². The summed E-state index contributed by atoms with van der Waals surface area (Å²) in [6, 6.07) is 30.2. The molecule has 148 valence electrons. The molecule has 1 aromatic heterocycles. The molecule has 0 bridgehead atoms. The van der Waals surface area contributed by atoms with Crippen LogP contribution in [0.2, 0.25) is 0 Å². The van der Waals surface area contributed by atoms with Crippen LogP contribution >= 0.6 is 0 Å². The molecular weight excluding hydrogens is 390 g/mol. The second-order valence-electron chi connectivity index (χ2n) is 6.60. The topological polar surface area (TPSA) is 96.1 Å². The van der Waals surface area contributed by atoms with Crippen LogP contribution in [0.15, 0.2) is 84.9 Å². The fraction of sp³-hybridized carbons (Fsp3) is 0.0870. The van der Waals surface area contributed by atoms with Crippen molar-refractivity contribution in [2.24, 2.45) is 0 Å². The summed E-state index contributed by atoms with van der Waals surface area (Å²) >= 11 is 0. The summed E-state index contributed by atoms with van der Waals surface area (Å²) in [4.78, 5) is 0. The van der Waals surface area contributed by atoms with Gasteiger partial charge in [-0.2, -0.15) is 4.57 Å². The lowest BCUT2D eigenvalue weighted by molar-refractivity contribution is -2.00. The minimum Gasteiger partial charge on any atom is -0.222 e. The smallest absolute Gasteiger partial charge is 0.211 e. The lowest BCUT2D eigenvalue weighted by atomic mass is 10.0. The molecule has 0 radical (unpaired) electrons. The first-order chi connectivity index (χ1) is 13.7. The standard InChI is InChI=1S/C23H20N.ClHO4/c1-17-15-20(16-18(2)24(17)21-10-6-4-7-11-21)23-14-13-19-9-5-3-8-12-22(19)23;2-1(3,4)5/h3-16H,1-2H3;(H,2,3,4,5)/q+1;/p-1. The molecular formula is C23H20ClNO4. The highest BCUT2D eigenvalue weighted by Gasteiger charge is 2.18. The molecule has 2 aliphatic carbocycles. The Morgan fingerprint density at radius 3 is 1.66 bits per heavy atom. The van der Waals surface area contributed by atoms with Crippen molar-refractivity contribution in [1.82, 2.24) is 0 Å². The van der Waals surface area contributed by atoms with Gasteiger partial charge in [-0.3, -0.25) is 0 Å². The molecule has 1 aromatic carbocycles. The van der Waals surface area contributed by atoms with E-state index in [2.05, 4.69) is 103 Å². The van der Waals surface area contributed by atoms with Crippen molar-refractivity contribution >= 4 is 0 Å². The highest BCUT2D eigenvalue weighted by Crippen LogP contribution is 2.35. The molecule has 0 unspecified atom stereocenters. The molecule has 2 aromatic rings. The summed E-state index contributed by atoms with van der Waals surface area (Å²) in [6.45, 7) is 4.35. The summed E-state index contributed by atoms with van der Waals surface area (Å²) in [5, 5.41) is 0. The van der Waals surface area contributed by atoms with Gasteiger partial charge in [-0.1, -0.05) is 60.7 Å². The third kappa shape index (κ3) is 5.38. The van der Waals surface area contributed by atoms with Crippen molar-refractivity contribution in [3.05, 3.63) is 96.3 Å². The summed E-state index contributed by atoms with van der Waals surface area (Å²) < 4.78 is 36.3. The summed E-state index contributed by atoms with van der Waals surface area (Å²) in [7, 11) is -4.94. The van der Waals surface area contributed by atoms with Gasteiger partial charge in [0.05, 0.1) is 0 Å². The van der Waals surface area contributed by atoms with Crippen molar-refractivity contribution in [3.8, 4) is 27.9 Å².